The van der Waals surface area contributed by atoms with Gasteiger partial charge in [0.1, 0.15) is 5.82 Å². The molecule has 0 saturated carbocycles. The van der Waals surface area contributed by atoms with E-state index in [0.717, 1.165) is 39.4 Å². The molecule has 6 aromatic carbocycles. The van der Waals surface area contributed by atoms with Crippen LogP contribution < -0.4 is 0 Å². The lowest BCUT2D eigenvalue weighted by atomic mass is 10.0. The first-order valence-electron chi connectivity index (χ1n) is 14.9. The van der Waals surface area contributed by atoms with Crippen LogP contribution in [0.15, 0.2) is 158 Å². The first kappa shape index (κ1) is 24.6. The van der Waals surface area contributed by atoms with Crippen LogP contribution >= 0.6 is 0 Å². The Hall–Kier alpha value is -6.00. The highest BCUT2D eigenvalue weighted by atomic mass is 15.1. The molecule has 0 atom stereocenters. The lowest BCUT2D eigenvalue weighted by molar-refractivity contribution is 1.05. The van der Waals surface area contributed by atoms with Crippen molar-refractivity contribution in [3.05, 3.63) is 158 Å². The van der Waals surface area contributed by atoms with Gasteiger partial charge in [0.15, 0.2) is 5.82 Å². The minimum Gasteiger partial charge on any atom is -0.316 e. The summed E-state index contributed by atoms with van der Waals surface area (Å²) in [6, 6.07) is 53.0. The van der Waals surface area contributed by atoms with Crippen LogP contribution in [0.3, 0.4) is 0 Å². The van der Waals surface area contributed by atoms with E-state index < -0.39 is 0 Å². The van der Waals surface area contributed by atoms with E-state index in [1.54, 1.807) is 0 Å². The Labute approximate surface area is 254 Å². The second kappa shape index (κ2) is 9.79. The predicted octanol–water partition coefficient (Wildman–Crippen LogP) is 10.0. The van der Waals surface area contributed by atoms with E-state index in [9.17, 15) is 0 Å². The fraction of sp³-hybridized carbons (Fsp3) is 0. The Kier molecular flexibility index (Phi) is 5.47. The zero-order valence-electron chi connectivity index (χ0n) is 23.8. The summed E-state index contributed by atoms with van der Waals surface area (Å²) in [5.41, 5.74) is 7.55. The number of hydrogen-bond acceptors (Lipinski definition) is 2. The third-order valence-electron chi connectivity index (χ3n) is 8.55. The van der Waals surface area contributed by atoms with Gasteiger partial charge in [-0.3, -0.25) is 4.57 Å². The molecule has 4 nitrogen and oxygen atoms in total. The first-order valence-corrected chi connectivity index (χ1v) is 14.9. The monoisotopic (exact) mass is 562 g/mol. The van der Waals surface area contributed by atoms with Crippen LogP contribution in [0, 0.1) is 0 Å². The van der Waals surface area contributed by atoms with Gasteiger partial charge in [0.2, 0.25) is 0 Å². The third-order valence-corrected chi connectivity index (χ3v) is 8.55. The molecule has 206 valence electrons. The van der Waals surface area contributed by atoms with E-state index in [1.165, 1.54) is 32.4 Å². The van der Waals surface area contributed by atoms with Crippen LogP contribution in [0.5, 0.6) is 0 Å². The second-order valence-corrected chi connectivity index (χ2v) is 11.1. The third kappa shape index (κ3) is 3.71. The van der Waals surface area contributed by atoms with Gasteiger partial charge in [0.25, 0.3) is 0 Å². The molecule has 0 bridgehead atoms. The molecule has 3 aromatic heterocycles. The van der Waals surface area contributed by atoms with Gasteiger partial charge < -0.3 is 4.57 Å². The van der Waals surface area contributed by atoms with E-state index in [1.807, 2.05) is 24.3 Å². The summed E-state index contributed by atoms with van der Waals surface area (Å²) in [5.74, 6) is 1.55. The largest absolute Gasteiger partial charge is 0.316 e. The van der Waals surface area contributed by atoms with Crippen molar-refractivity contribution in [1.29, 1.82) is 0 Å². The standard InChI is InChI=1S/C40H26N4/c1-4-14-27(15-5-1)34-26-36(42-40(41-34)28-16-6-2-7-17-28)44-35-23-13-12-22-32(35)37-33-24-25-43(29-18-8-3-9-19-29)38(33)30-20-10-11-21-31(30)39(37)44/h1-26H. The van der Waals surface area contributed by atoms with Crippen molar-refractivity contribution in [3.63, 3.8) is 0 Å². The first-order chi connectivity index (χ1) is 21.8. The molecule has 4 heteroatoms. The van der Waals surface area contributed by atoms with Gasteiger partial charge >= 0.3 is 0 Å². The van der Waals surface area contributed by atoms with E-state index in [0.29, 0.717) is 5.82 Å². The van der Waals surface area contributed by atoms with E-state index >= 15 is 0 Å². The molecule has 0 unspecified atom stereocenters. The molecule has 0 aliphatic rings. The van der Waals surface area contributed by atoms with Crippen LogP contribution in [0.4, 0.5) is 0 Å². The number of hydrogen-bond donors (Lipinski definition) is 0. The van der Waals surface area contributed by atoms with Crippen molar-refractivity contribution < 1.29 is 0 Å². The van der Waals surface area contributed by atoms with Crippen molar-refractivity contribution >= 4 is 43.5 Å². The summed E-state index contributed by atoms with van der Waals surface area (Å²) in [7, 11) is 0. The molecule has 3 heterocycles. The Morgan fingerprint density at radius 2 is 1.05 bits per heavy atom. The van der Waals surface area contributed by atoms with Gasteiger partial charge in [0, 0.05) is 56.0 Å². The summed E-state index contributed by atoms with van der Waals surface area (Å²) >= 11 is 0. The van der Waals surface area contributed by atoms with Crippen molar-refractivity contribution in [2.24, 2.45) is 0 Å². The SMILES string of the molecule is c1ccc(-c2cc(-n3c4ccccc4c4c5ccn(-c6ccccc6)c5c5ccccc5c43)nc(-c3ccccc3)n2)cc1. The van der Waals surface area contributed by atoms with Crippen molar-refractivity contribution in [2.45, 2.75) is 0 Å². The normalized spacial score (nSPS) is 11.6. The molecular weight excluding hydrogens is 536 g/mol. The quantitative estimate of drug-likeness (QED) is 0.214. The minimum atomic E-state index is 0.702. The molecule has 0 spiro atoms. The highest BCUT2D eigenvalue weighted by Crippen LogP contribution is 2.43. The molecule has 9 rings (SSSR count). The maximum atomic E-state index is 5.26. The van der Waals surface area contributed by atoms with Crippen molar-refractivity contribution in [3.8, 4) is 34.2 Å². The molecule has 44 heavy (non-hydrogen) atoms. The Balaban J connectivity index is 1.45. The maximum Gasteiger partial charge on any atom is 0.162 e. The smallest absolute Gasteiger partial charge is 0.162 e. The average Bonchev–Trinajstić information content (AvgIpc) is 3.70. The highest BCUT2D eigenvalue weighted by Gasteiger charge is 2.22. The molecule has 0 fully saturated rings. The average molecular weight is 563 g/mol. The molecule has 0 N–H and O–H groups in total. The van der Waals surface area contributed by atoms with Crippen LogP contribution in [0.2, 0.25) is 0 Å². The zero-order chi connectivity index (χ0) is 29.0. The fourth-order valence-corrected chi connectivity index (χ4v) is 6.64. The lowest BCUT2D eigenvalue weighted by Gasteiger charge is -2.14. The van der Waals surface area contributed by atoms with E-state index in [2.05, 4.69) is 143 Å². The zero-order valence-corrected chi connectivity index (χ0v) is 23.8. The summed E-state index contributed by atoms with van der Waals surface area (Å²) in [4.78, 5) is 10.3. The molecule has 0 amide bonds. The number of benzene rings is 6. The van der Waals surface area contributed by atoms with Gasteiger partial charge in [-0.2, -0.15) is 0 Å². The fourth-order valence-electron chi connectivity index (χ4n) is 6.64. The highest BCUT2D eigenvalue weighted by molar-refractivity contribution is 6.31. The van der Waals surface area contributed by atoms with E-state index in [-0.39, 0.29) is 0 Å². The van der Waals surface area contributed by atoms with Gasteiger partial charge in [-0.25, -0.2) is 9.97 Å². The Bertz CT molecular complexity index is 2420. The van der Waals surface area contributed by atoms with Gasteiger partial charge in [-0.15, -0.1) is 0 Å². The maximum absolute atomic E-state index is 5.26. The molecule has 0 aliphatic carbocycles. The molecule has 0 saturated heterocycles. The second-order valence-electron chi connectivity index (χ2n) is 11.1. The van der Waals surface area contributed by atoms with Gasteiger partial charge in [-0.05, 0) is 24.3 Å². The van der Waals surface area contributed by atoms with Crippen LogP contribution in [-0.2, 0) is 0 Å². The number of rotatable bonds is 4. The molecule has 0 aliphatic heterocycles. The number of para-hydroxylation sites is 2. The summed E-state index contributed by atoms with van der Waals surface area (Å²) < 4.78 is 4.65. The Morgan fingerprint density at radius 3 is 1.77 bits per heavy atom. The lowest BCUT2D eigenvalue weighted by Crippen LogP contribution is -2.03. The predicted molar refractivity (Wildman–Crippen MR) is 182 cm³/mol. The van der Waals surface area contributed by atoms with Crippen molar-refractivity contribution in [2.75, 3.05) is 0 Å². The van der Waals surface area contributed by atoms with Crippen LogP contribution in [0.1, 0.15) is 0 Å². The van der Waals surface area contributed by atoms with Crippen LogP contribution in [-0.4, -0.2) is 19.1 Å². The number of nitrogens with zero attached hydrogens (tertiary/aromatic N) is 4. The summed E-state index contributed by atoms with van der Waals surface area (Å²) in [6.07, 6.45) is 2.20. The van der Waals surface area contributed by atoms with Crippen LogP contribution in [0.25, 0.3) is 77.6 Å². The topological polar surface area (TPSA) is 35.6 Å². The minimum absolute atomic E-state index is 0.702. The molecule has 0 radical (unpaired) electrons. The molecular formula is C40H26N4. The van der Waals surface area contributed by atoms with Gasteiger partial charge in [0.05, 0.1) is 22.2 Å². The molecule has 9 aromatic rings. The van der Waals surface area contributed by atoms with E-state index in [4.69, 9.17) is 9.97 Å². The Morgan fingerprint density at radius 1 is 0.455 bits per heavy atom. The summed E-state index contributed by atoms with van der Waals surface area (Å²) in [5, 5.41) is 6.03. The summed E-state index contributed by atoms with van der Waals surface area (Å²) in [6.45, 7) is 0. The van der Waals surface area contributed by atoms with Crippen molar-refractivity contribution in [1.82, 2.24) is 19.1 Å². The number of fused-ring (bicyclic) bond motifs is 8. The van der Waals surface area contributed by atoms with Gasteiger partial charge in [-0.1, -0.05) is 121 Å². The number of aromatic nitrogens is 4.